The fraction of sp³-hybridized carbons (Fsp3) is 0.952. The molecule has 0 aromatic rings. The predicted octanol–water partition coefficient (Wildman–Crippen LogP) is 15.0. The Morgan fingerprint density at radius 3 is 0.523 bits per heavy atom. The van der Waals surface area contributed by atoms with Gasteiger partial charge >= 0.3 is 0 Å². The summed E-state index contributed by atoms with van der Waals surface area (Å²) in [5.74, 6) is -0.207. The van der Waals surface area contributed by atoms with Crippen molar-refractivity contribution in [2.75, 3.05) is 0 Å². The lowest BCUT2D eigenvalue weighted by Crippen LogP contribution is -2.13. The van der Waals surface area contributed by atoms with Gasteiger partial charge < -0.3 is 0 Å². The molecule has 0 aliphatic heterocycles. The summed E-state index contributed by atoms with van der Waals surface area (Å²) in [7, 11) is 0. The van der Waals surface area contributed by atoms with Crippen LogP contribution in [0, 0.1) is 0 Å². The van der Waals surface area contributed by atoms with E-state index >= 15 is 0 Å². The normalized spacial score (nSPS) is 11.4. The highest BCUT2D eigenvalue weighted by Gasteiger charge is 2.12. The standard InChI is InChI=1S/C42H82O2/c1-3-5-7-9-11-13-15-17-19-21-23-25-27-29-31-33-35-37-39-41(43)42(44)40-38-36-34-32-30-28-26-24-22-20-18-16-14-12-10-8-6-4-2/h3-40H2,1-2H3. The highest BCUT2D eigenvalue weighted by molar-refractivity contribution is 6.37. The minimum Gasteiger partial charge on any atom is -0.291 e. The van der Waals surface area contributed by atoms with Gasteiger partial charge in [-0.1, -0.05) is 232 Å². The van der Waals surface area contributed by atoms with Gasteiger partial charge in [-0.05, 0) is 12.8 Å². The van der Waals surface area contributed by atoms with Gasteiger partial charge in [0.1, 0.15) is 0 Å². The van der Waals surface area contributed by atoms with Crippen molar-refractivity contribution in [3.63, 3.8) is 0 Å². The molecule has 44 heavy (non-hydrogen) atoms. The summed E-state index contributed by atoms with van der Waals surface area (Å²) in [5.41, 5.74) is 0. The Morgan fingerprint density at radius 2 is 0.364 bits per heavy atom. The van der Waals surface area contributed by atoms with Crippen molar-refractivity contribution in [1.82, 2.24) is 0 Å². The number of Topliss-reactive ketones (excluding diaryl/α,β-unsaturated/α-hetero) is 2. The van der Waals surface area contributed by atoms with Crippen LogP contribution in [-0.4, -0.2) is 11.6 Å². The fourth-order valence-electron chi connectivity index (χ4n) is 6.65. The van der Waals surface area contributed by atoms with Gasteiger partial charge in [0.25, 0.3) is 0 Å². The molecule has 0 aromatic heterocycles. The first kappa shape index (κ1) is 43.3. The molecule has 0 aromatic carbocycles. The Kier molecular flexibility index (Phi) is 37.9. The molecule has 0 rings (SSSR count). The van der Waals surface area contributed by atoms with Crippen molar-refractivity contribution < 1.29 is 9.59 Å². The van der Waals surface area contributed by atoms with Crippen LogP contribution in [0.3, 0.4) is 0 Å². The summed E-state index contributed by atoms with van der Waals surface area (Å²) in [5, 5.41) is 0. The Labute approximate surface area is 278 Å². The summed E-state index contributed by atoms with van der Waals surface area (Å²) >= 11 is 0. The average Bonchev–Trinajstić information content (AvgIpc) is 3.03. The second-order valence-corrected chi connectivity index (χ2v) is 14.4. The highest BCUT2D eigenvalue weighted by atomic mass is 16.2. The van der Waals surface area contributed by atoms with E-state index in [0.717, 1.165) is 25.7 Å². The number of hydrogen-bond donors (Lipinski definition) is 0. The summed E-state index contributed by atoms with van der Waals surface area (Å²) in [4.78, 5) is 24.4. The van der Waals surface area contributed by atoms with Crippen LogP contribution in [0.5, 0.6) is 0 Å². The quantitative estimate of drug-likeness (QED) is 0.0507. The first-order chi connectivity index (χ1) is 21.7. The molecule has 0 bridgehead atoms. The lowest BCUT2D eigenvalue weighted by atomic mass is 10.0. The molecular formula is C42H82O2. The van der Waals surface area contributed by atoms with Crippen molar-refractivity contribution in [2.45, 2.75) is 258 Å². The number of carbonyl (C=O) groups excluding carboxylic acids is 2. The Bertz CT molecular complexity index is 518. The second-order valence-electron chi connectivity index (χ2n) is 14.4. The fourth-order valence-corrected chi connectivity index (χ4v) is 6.65. The molecule has 0 N–H and O–H groups in total. The zero-order chi connectivity index (χ0) is 32.0. The van der Waals surface area contributed by atoms with Crippen LogP contribution in [0.15, 0.2) is 0 Å². The molecular weight excluding hydrogens is 536 g/mol. The summed E-state index contributed by atoms with van der Waals surface area (Å²) in [6.07, 6.45) is 49.6. The van der Waals surface area contributed by atoms with Crippen LogP contribution < -0.4 is 0 Å². The molecule has 0 saturated carbocycles. The van der Waals surface area contributed by atoms with Crippen molar-refractivity contribution in [3.8, 4) is 0 Å². The molecule has 0 radical (unpaired) electrons. The number of ketones is 2. The Hall–Kier alpha value is -0.660. The van der Waals surface area contributed by atoms with E-state index in [1.807, 2.05) is 0 Å². The maximum Gasteiger partial charge on any atom is 0.198 e. The first-order valence-corrected chi connectivity index (χ1v) is 20.8. The number of rotatable bonds is 39. The van der Waals surface area contributed by atoms with Gasteiger partial charge in [0.2, 0.25) is 0 Å². The minimum absolute atomic E-state index is 0.103. The molecule has 0 unspecified atom stereocenters. The lowest BCUT2D eigenvalue weighted by Gasteiger charge is -2.04. The Morgan fingerprint density at radius 1 is 0.227 bits per heavy atom. The number of unbranched alkanes of at least 4 members (excludes halogenated alkanes) is 34. The van der Waals surface area contributed by atoms with Crippen LogP contribution in [0.4, 0.5) is 0 Å². The zero-order valence-electron chi connectivity index (χ0n) is 30.7. The topological polar surface area (TPSA) is 34.1 Å². The molecule has 0 saturated heterocycles. The highest BCUT2D eigenvalue weighted by Crippen LogP contribution is 2.17. The van der Waals surface area contributed by atoms with E-state index in [2.05, 4.69) is 13.8 Å². The molecule has 0 amide bonds. The van der Waals surface area contributed by atoms with Crippen molar-refractivity contribution in [3.05, 3.63) is 0 Å². The van der Waals surface area contributed by atoms with Gasteiger partial charge in [-0.3, -0.25) is 9.59 Å². The van der Waals surface area contributed by atoms with E-state index in [9.17, 15) is 9.59 Å². The summed E-state index contributed by atoms with van der Waals surface area (Å²) < 4.78 is 0. The molecule has 0 atom stereocenters. The van der Waals surface area contributed by atoms with Gasteiger partial charge in [-0.15, -0.1) is 0 Å². The van der Waals surface area contributed by atoms with Crippen LogP contribution in [0.1, 0.15) is 258 Å². The van der Waals surface area contributed by atoms with Crippen LogP contribution in [-0.2, 0) is 9.59 Å². The number of carbonyl (C=O) groups is 2. The van der Waals surface area contributed by atoms with Gasteiger partial charge in [0.15, 0.2) is 11.6 Å². The maximum absolute atomic E-state index is 12.2. The van der Waals surface area contributed by atoms with Crippen molar-refractivity contribution in [2.24, 2.45) is 0 Å². The molecule has 0 fully saturated rings. The SMILES string of the molecule is CCCCCCCCCCCCCCCCCCCCC(=O)C(=O)CCCCCCCCCCCCCCCCCCCC. The third-order valence-electron chi connectivity index (χ3n) is 9.83. The van der Waals surface area contributed by atoms with Gasteiger partial charge in [0.05, 0.1) is 0 Å². The average molecular weight is 619 g/mol. The van der Waals surface area contributed by atoms with E-state index in [4.69, 9.17) is 0 Å². The van der Waals surface area contributed by atoms with E-state index in [1.54, 1.807) is 0 Å². The third-order valence-corrected chi connectivity index (χ3v) is 9.83. The molecule has 0 aliphatic carbocycles. The van der Waals surface area contributed by atoms with Crippen molar-refractivity contribution in [1.29, 1.82) is 0 Å². The molecule has 0 heterocycles. The smallest absolute Gasteiger partial charge is 0.198 e. The maximum atomic E-state index is 12.2. The predicted molar refractivity (Wildman–Crippen MR) is 197 cm³/mol. The van der Waals surface area contributed by atoms with Crippen LogP contribution in [0.2, 0.25) is 0 Å². The largest absolute Gasteiger partial charge is 0.291 e. The number of hydrogen-bond acceptors (Lipinski definition) is 2. The first-order valence-electron chi connectivity index (χ1n) is 20.8. The van der Waals surface area contributed by atoms with Crippen molar-refractivity contribution >= 4 is 11.6 Å². The van der Waals surface area contributed by atoms with Crippen LogP contribution >= 0.6 is 0 Å². The molecule has 2 nitrogen and oxygen atoms in total. The van der Waals surface area contributed by atoms with Gasteiger partial charge in [-0.2, -0.15) is 0 Å². The van der Waals surface area contributed by atoms with E-state index in [-0.39, 0.29) is 11.6 Å². The van der Waals surface area contributed by atoms with Gasteiger partial charge in [-0.25, -0.2) is 0 Å². The minimum atomic E-state index is -0.103. The van der Waals surface area contributed by atoms with E-state index in [0.29, 0.717) is 12.8 Å². The Balaban J connectivity index is 3.26. The molecule has 2 heteroatoms. The van der Waals surface area contributed by atoms with Crippen LogP contribution in [0.25, 0.3) is 0 Å². The van der Waals surface area contributed by atoms with E-state index in [1.165, 1.54) is 205 Å². The molecule has 0 spiro atoms. The summed E-state index contributed by atoms with van der Waals surface area (Å²) in [6.45, 7) is 4.58. The monoisotopic (exact) mass is 619 g/mol. The molecule has 0 aliphatic rings. The second kappa shape index (κ2) is 38.5. The van der Waals surface area contributed by atoms with E-state index < -0.39 is 0 Å². The lowest BCUT2D eigenvalue weighted by molar-refractivity contribution is -0.136. The molecule has 262 valence electrons. The zero-order valence-corrected chi connectivity index (χ0v) is 30.7. The summed E-state index contributed by atoms with van der Waals surface area (Å²) in [6, 6.07) is 0. The third kappa shape index (κ3) is 35.8. The van der Waals surface area contributed by atoms with Gasteiger partial charge in [0, 0.05) is 12.8 Å².